The summed E-state index contributed by atoms with van der Waals surface area (Å²) in [6.45, 7) is 2.67. The van der Waals surface area contributed by atoms with Crippen molar-refractivity contribution in [3.05, 3.63) is 30.6 Å². The number of nitrogens with one attached hydrogen (secondary N) is 2. The number of rotatable bonds is 5. The minimum atomic E-state index is -3.64. The summed E-state index contributed by atoms with van der Waals surface area (Å²) in [5.41, 5.74) is 0. The standard InChI is InChI=1S/C11H15N5O2S/c1-3-12-10-5-4-9(8-13-10)19(17,18)15-11-6-7-14-16(11)2/h4-8,15H,3H2,1-2H3,(H,12,13). The number of aryl methyl sites for hydroxylation is 1. The Morgan fingerprint density at radius 1 is 1.32 bits per heavy atom. The summed E-state index contributed by atoms with van der Waals surface area (Å²) in [5.74, 6) is 1.04. The zero-order valence-electron chi connectivity index (χ0n) is 10.7. The molecule has 0 aliphatic heterocycles. The first kappa shape index (κ1) is 13.3. The molecule has 2 rings (SSSR count). The molecule has 0 radical (unpaired) electrons. The molecular weight excluding hydrogens is 266 g/mol. The second kappa shape index (κ2) is 5.27. The third-order valence-corrected chi connectivity index (χ3v) is 3.80. The Hall–Kier alpha value is -2.09. The molecule has 0 aliphatic carbocycles. The fourth-order valence-corrected chi connectivity index (χ4v) is 2.53. The average Bonchev–Trinajstić information content (AvgIpc) is 2.75. The smallest absolute Gasteiger partial charge is 0.264 e. The van der Waals surface area contributed by atoms with Crippen molar-refractivity contribution in [2.75, 3.05) is 16.6 Å². The lowest BCUT2D eigenvalue weighted by Gasteiger charge is -2.08. The number of nitrogens with zero attached hydrogens (tertiary/aromatic N) is 3. The van der Waals surface area contributed by atoms with Crippen molar-refractivity contribution in [3.63, 3.8) is 0 Å². The van der Waals surface area contributed by atoms with E-state index in [0.717, 1.165) is 6.54 Å². The Balaban J connectivity index is 2.22. The highest BCUT2D eigenvalue weighted by Crippen LogP contribution is 2.15. The number of sulfonamides is 1. The zero-order chi connectivity index (χ0) is 13.9. The summed E-state index contributed by atoms with van der Waals surface area (Å²) < 4.78 is 28.1. The van der Waals surface area contributed by atoms with Crippen LogP contribution in [-0.2, 0) is 17.1 Å². The van der Waals surface area contributed by atoms with Gasteiger partial charge in [0.25, 0.3) is 10.0 Å². The molecule has 0 spiro atoms. The predicted molar refractivity (Wildman–Crippen MR) is 72.4 cm³/mol. The molecule has 2 aromatic rings. The summed E-state index contributed by atoms with van der Waals surface area (Å²) in [7, 11) is -1.98. The molecule has 19 heavy (non-hydrogen) atoms. The number of aromatic nitrogens is 3. The quantitative estimate of drug-likeness (QED) is 0.855. The van der Waals surface area contributed by atoms with Gasteiger partial charge < -0.3 is 5.32 Å². The SMILES string of the molecule is CCNc1ccc(S(=O)(=O)Nc2ccnn2C)cn1. The van der Waals surface area contributed by atoms with Crippen molar-refractivity contribution >= 4 is 21.7 Å². The highest BCUT2D eigenvalue weighted by molar-refractivity contribution is 7.92. The molecule has 8 heteroatoms. The van der Waals surface area contributed by atoms with Gasteiger partial charge in [0.2, 0.25) is 0 Å². The van der Waals surface area contributed by atoms with E-state index in [4.69, 9.17) is 0 Å². The minimum Gasteiger partial charge on any atom is -0.370 e. The summed E-state index contributed by atoms with van der Waals surface area (Å²) in [6, 6.07) is 4.71. The lowest BCUT2D eigenvalue weighted by molar-refractivity contribution is 0.600. The number of hydrogen-bond acceptors (Lipinski definition) is 5. The van der Waals surface area contributed by atoms with Crippen molar-refractivity contribution in [2.45, 2.75) is 11.8 Å². The predicted octanol–water partition coefficient (Wildman–Crippen LogP) is 1.05. The monoisotopic (exact) mass is 281 g/mol. The van der Waals surface area contributed by atoms with Crippen LogP contribution in [0.1, 0.15) is 6.92 Å². The van der Waals surface area contributed by atoms with Gasteiger partial charge in [0, 0.05) is 25.9 Å². The van der Waals surface area contributed by atoms with Crippen molar-refractivity contribution in [3.8, 4) is 0 Å². The van der Waals surface area contributed by atoms with Crippen LogP contribution in [0.3, 0.4) is 0 Å². The van der Waals surface area contributed by atoms with Crippen LogP contribution < -0.4 is 10.0 Å². The van der Waals surface area contributed by atoms with Crippen LogP contribution in [0.4, 0.5) is 11.6 Å². The maximum atomic E-state index is 12.1. The van der Waals surface area contributed by atoms with E-state index in [9.17, 15) is 8.42 Å². The highest BCUT2D eigenvalue weighted by atomic mass is 32.2. The van der Waals surface area contributed by atoms with Crippen LogP contribution in [0.5, 0.6) is 0 Å². The lowest BCUT2D eigenvalue weighted by atomic mass is 10.4. The fraction of sp³-hybridized carbons (Fsp3) is 0.273. The van der Waals surface area contributed by atoms with Gasteiger partial charge in [-0.25, -0.2) is 13.4 Å². The molecule has 102 valence electrons. The largest absolute Gasteiger partial charge is 0.370 e. The van der Waals surface area contributed by atoms with Gasteiger partial charge in [0.05, 0.1) is 6.20 Å². The number of pyridine rings is 1. The molecule has 7 nitrogen and oxygen atoms in total. The average molecular weight is 281 g/mol. The number of hydrogen-bond donors (Lipinski definition) is 2. The molecule has 2 N–H and O–H groups in total. The molecule has 0 atom stereocenters. The van der Waals surface area contributed by atoms with Crippen molar-refractivity contribution in [1.82, 2.24) is 14.8 Å². The molecule has 2 heterocycles. The highest BCUT2D eigenvalue weighted by Gasteiger charge is 2.16. The zero-order valence-corrected chi connectivity index (χ0v) is 11.5. The summed E-state index contributed by atoms with van der Waals surface area (Å²) in [4.78, 5) is 4.14. The van der Waals surface area contributed by atoms with Gasteiger partial charge in [0.1, 0.15) is 16.5 Å². The van der Waals surface area contributed by atoms with Gasteiger partial charge in [-0.2, -0.15) is 5.10 Å². The molecule has 0 aliphatic rings. The van der Waals surface area contributed by atoms with Crippen molar-refractivity contribution < 1.29 is 8.42 Å². The molecule has 0 bridgehead atoms. The second-order valence-corrected chi connectivity index (χ2v) is 5.54. The Morgan fingerprint density at radius 2 is 2.11 bits per heavy atom. The Morgan fingerprint density at radius 3 is 2.63 bits per heavy atom. The van der Waals surface area contributed by atoms with Gasteiger partial charge in [0.15, 0.2) is 0 Å². The Bertz CT molecular complexity index is 648. The van der Waals surface area contributed by atoms with Crippen LogP contribution in [0.25, 0.3) is 0 Å². The van der Waals surface area contributed by atoms with E-state index in [1.54, 1.807) is 19.2 Å². The third-order valence-electron chi connectivity index (χ3n) is 2.46. The van der Waals surface area contributed by atoms with Crippen LogP contribution in [0.15, 0.2) is 35.5 Å². The second-order valence-electron chi connectivity index (χ2n) is 3.86. The van der Waals surface area contributed by atoms with E-state index in [1.165, 1.54) is 23.1 Å². The molecule has 0 unspecified atom stereocenters. The van der Waals surface area contributed by atoms with Crippen LogP contribution in [0.2, 0.25) is 0 Å². The molecular formula is C11H15N5O2S. The first-order valence-corrected chi connectivity index (χ1v) is 7.22. The summed E-state index contributed by atoms with van der Waals surface area (Å²) in [5, 5.41) is 6.90. The normalized spacial score (nSPS) is 11.3. The number of anilines is 2. The van der Waals surface area contributed by atoms with Crippen LogP contribution in [0, 0.1) is 0 Å². The van der Waals surface area contributed by atoms with Gasteiger partial charge in [-0.3, -0.25) is 9.40 Å². The fourth-order valence-electron chi connectivity index (χ4n) is 1.50. The van der Waals surface area contributed by atoms with E-state index in [-0.39, 0.29) is 4.90 Å². The van der Waals surface area contributed by atoms with E-state index in [1.807, 2.05) is 6.92 Å². The van der Waals surface area contributed by atoms with Crippen LogP contribution in [-0.4, -0.2) is 29.7 Å². The Kier molecular flexibility index (Phi) is 3.70. The molecule has 0 aromatic carbocycles. The summed E-state index contributed by atoms with van der Waals surface area (Å²) >= 11 is 0. The van der Waals surface area contributed by atoms with E-state index in [0.29, 0.717) is 11.6 Å². The topological polar surface area (TPSA) is 88.9 Å². The molecule has 0 fully saturated rings. The van der Waals surface area contributed by atoms with E-state index >= 15 is 0 Å². The summed E-state index contributed by atoms with van der Waals surface area (Å²) in [6.07, 6.45) is 2.83. The van der Waals surface area contributed by atoms with Gasteiger partial charge in [-0.15, -0.1) is 0 Å². The van der Waals surface area contributed by atoms with Crippen LogP contribution >= 0.6 is 0 Å². The molecule has 0 saturated carbocycles. The lowest BCUT2D eigenvalue weighted by Crippen LogP contribution is -2.15. The maximum Gasteiger partial charge on any atom is 0.264 e. The third kappa shape index (κ3) is 3.02. The molecule has 0 amide bonds. The first-order chi connectivity index (χ1) is 9.03. The molecule has 0 saturated heterocycles. The van der Waals surface area contributed by atoms with Gasteiger partial charge >= 0.3 is 0 Å². The minimum absolute atomic E-state index is 0.107. The van der Waals surface area contributed by atoms with E-state index < -0.39 is 10.0 Å². The van der Waals surface area contributed by atoms with E-state index in [2.05, 4.69) is 20.1 Å². The van der Waals surface area contributed by atoms with Crippen molar-refractivity contribution in [1.29, 1.82) is 0 Å². The maximum absolute atomic E-state index is 12.1. The first-order valence-electron chi connectivity index (χ1n) is 5.73. The van der Waals surface area contributed by atoms with Gasteiger partial charge in [-0.1, -0.05) is 0 Å². The molecule has 2 aromatic heterocycles. The van der Waals surface area contributed by atoms with Gasteiger partial charge in [-0.05, 0) is 19.1 Å². The van der Waals surface area contributed by atoms with Crippen molar-refractivity contribution in [2.24, 2.45) is 7.05 Å². The Labute approximate surface area is 111 Å².